The fourth-order valence-corrected chi connectivity index (χ4v) is 4.40. The summed E-state index contributed by atoms with van der Waals surface area (Å²) < 4.78 is 3.05. The molecule has 31 heavy (non-hydrogen) atoms. The van der Waals surface area contributed by atoms with Gasteiger partial charge in [0.15, 0.2) is 0 Å². The highest BCUT2D eigenvalue weighted by molar-refractivity contribution is 9.10. The Morgan fingerprint density at radius 2 is 1.65 bits per heavy atom. The molecule has 0 radical (unpaired) electrons. The van der Waals surface area contributed by atoms with Gasteiger partial charge in [0.05, 0.1) is 22.4 Å². The minimum Gasteiger partial charge on any atom is -0.336 e. The van der Waals surface area contributed by atoms with Gasteiger partial charge in [-0.2, -0.15) is 5.10 Å². The number of piperazine rings is 1. The lowest BCUT2D eigenvalue weighted by molar-refractivity contribution is 0.0628. The number of halogens is 1. The first-order valence-corrected chi connectivity index (χ1v) is 11.6. The molecule has 1 aromatic heterocycles. The zero-order valence-corrected chi connectivity index (χ0v) is 20.0. The summed E-state index contributed by atoms with van der Waals surface area (Å²) in [6.07, 6.45) is 0. The lowest BCUT2D eigenvalue weighted by Crippen LogP contribution is -2.48. The Balaban J connectivity index is 1.33. The third-order valence-corrected chi connectivity index (χ3v) is 7.12. The SMILES string of the molecule is Cc1cccc(CN2CCN(C(=O)c3ccc(Cn4nc(C)c(Br)c4C)cc3)CC2)c1. The van der Waals surface area contributed by atoms with Crippen LogP contribution >= 0.6 is 15.9 Å². The monoisotopic (exact) mass is 480 g/mol. The van der Waals surface area contributed by atoms with E-state index in [9.17, 15) is 4.79 Å². The second-order valence-electron chi connectivity index (χ2n) is 8.40. The third-order valence-electron chi connectivity index (χ3n) is 5.97. The number of nitrogens with zero attached hydrogens (tertiary/aromatic N) is 4. The summed E-state index contributed by atoms with van der Waals surface area (Å²) in [5.41, 5.74) is 6.63. The van der Waals surface area contributed by atoms with Gasteiger partial charge in [-0.3, -0.25) is 14.4 Å². The summed E-state index contributed by atoms with van der Waals surface area (Å²) in [6.45, 7) is 11.2. The van der Waals surface area contributed by atoms with Crippen LogP contribution in [0.5, 0.6) is 0 Å². The van der Waals surface area contributed by atoms with Gasteiger partial charge in [0.25, 0.3) is 5.91 Å². The molecule has 162 valence electrons. The van der Waals surface area contributed by atoms with Crippen molar-refractivity contribution in [2.45, 2.75) is 33.9 Å². The number of rotatable bonds is 5. The van der Waals surface area contributed by atoms with Crippen molar-refractivity contribution >= 4 is 21.8 Å². The summed E-state index contributed by atoms with van der Waals surface area (Å²) in [7, 11) is 0. The molecule has 5 nitrogen and oxygen atoms in total. The van der Waals surface area contributed by atoms with E-state index in [0.29, 0.717) is 6.54 Å². The molecular weight excluding hydrogens is 452 g/mol. The van der Waals surface area contributed by atoms with E-state index in [1.807, 2.05) is 40.8 Å². The number of amides is 1. The topological polar surface area (TPSA) is 41.4 Å². The summed E-state index contributed by atoms with van der Waals surface area (Å²) in [5, 5.41) is 4.57. The molecule has 0 saturated carbocycles. The smallest absolute Gasteiger partial charge is 0.253 e. The predicted octanol–water partition coefficient (Wildman–Crippen LogP) is 4.58. The molecule has 0 N–H and O–H groups in total. The van der Waals surface area contributed by atoms with Gasteiger partial charge in [-0.05, 0) is 60.0 Å². The van der Waals surface area contributed by atoms with Crippen LogP contribution in [0.4, 0.5) is 0 Å². The maximum absolute atomic E-state index is 13.0. The maximum Gasteiger partial charge on any atom is 0.253 e. The van der Waals surface area contributed by atoms with Crippen LogP contribution in [0, 0.1) is 20.8 Å². The summed E-state index contributed by atoms with van der Waals surface area (Å²) in [5.74, 6) is 0.121. The minimum atomic E-state index is 0.121. The maximum atomic E-state index is 13.0. The predicted molar refractivity (Wildman–Crippen MR) is 127 cm³/mol. The van der Waals surface area contributed by atoms with Gasteiger partial charge in [-0.1, -0.05) is 42.0 Å². The zero-order valence-electron chi connectivity index (χ0n) is 18.4. The number of aryl methyl sites for hydroxylation is 2. The van der Waals surface area contributed by atoms with Crippen LogP contribution in [0.2, 0.25) is 0 Å². The van der Waals surface area contributed by atoms with E-state index in [1.54, 1.807) is 0 Å². The molecule has 6 heteroatoms. The fraction of sp³-hybridized carbons (Fsp3) is 0.360. The van der Waals surface area contributed by atoms with Crippen molar-refractivity contribution in [3.63, 3.8) is 0 Å². The van der Waals surface area contributed by atoms with Crippen molar-refractivity contribution in [2.75, 3.05) is 26.2 Å². The Kier molecular flexibility index (Phi) is 6.58. The Morgan fingerprint density at radius 1 is 0.935 bits per heavy atom. The molecule has 0 atom stereocenters. The van der Waals surface area contributed by atoms with Gasteiger partial charge in [0.2, 0.25) is 0 Å². The molecule has 0 unspecified atom stereocenters. The van der Waals surface area contributed by atoms with Gasteiger partial charge in [0.1, 0.15) is 0 Å². The molecule has 2 heterocycles. The molecule has 1 aliphatic rings. The number of hydrogen-bond acceptors (Lipinski definition) is 3. The Bertz CT molecular complexity index is 1070. The van der Waals surface area contributed by atoms with Crippen molar-refractivity contribution < 1.29 is 4.79 Å². The fourth-order valence-electron chi connectivity index (χ4n) is 4.12. The Morgan fingerprint density at radius 3 is 2.26 bits per heavy atom. The molecule has 0 spiro atoms. The minimum absolute atomic E-state index is 0.121. The van der Waals surface area contributed by atoms with Crippen LogP contribution in [-0.4, -0.2) is 51.7 Å². The molecule has 2 aromatic carbocycles. The van der Waals surface area contributed by atoms with Crippen LogP contribution in [0.1, 0.15) is 38.4 Å². The van der Waals surface area contributed by atoms with Crippen LogP contribution in [0.25, 0.3) is 0 Å². The molecule has 3 aromatic rings. The standard InChI is InChI=1S/C25H29BrN4O/c1-18-5-4-6-22(15-18)16-28-11-13-29(14-12-28)25(31)23-9-7-21(8-10-23)17-30-20(3)24(26)19(2)27-30/h4-10,15H,11-14,16-17H2,1-3H3. The quantitative estimate of drug-likeness (QED) is 0.536. The molecule has 0 aliphatic carbocycles. The highest BCUT2D eigenvalue weighted by Gasteiger charge is 2.22. The Labute approximate surface area is 192 Å². The van der Waals surface area contributed by atoms with Gasteiger partial charge in [0, 0.05) is 38.3 Å². The lowest BCUT2D eigenvalue weighted by Gasteiger charge is -2.34. The van der Waals surface area contributed by atoms with Crippen molar-refractivity contribution in [1.82, 2.24) is 19.6 Å². The lowest BCUT2D eigenvalue weighted by atomic mass is 10.1. The van der Waals surface area contributed by atoms with E-state index in [0.717, 1.165) is 59.7 Å². The summed E-state index contributed by atoms with van der Waals surface area (Å²) in [4.78, 5) is 17.4. The first-order chi connectivity index (χ1) is 14.9. The van der Waals surface area contributed by atoms with Crippen molar-refractivity contribution in [1.29, 1.82) is 0 Å². The second kappa shape index (κ2) is 9.37. The first kappa shape index (κ1) is 21.8. The molecule has 1 fully saturated rings. The van der Waals surface area contributed by atoms with Gasteiger partial charge >= 0.3 is 0 Å². The molecular formula is C25H29BrN4O. The summed E-state index contributed by atoms with van der Waals surface area (Å²) in [6, 6.07) is 16.6. The van der Waals surface area contributed by atoms with Crippen molar-refractivity contribution in [3.05, 3.63) is 86.6 Å². The molecule has 1 aliphatic heterocycles. The van der Waals surface area contributed by atoms with E-state index in [4.69, 9.17) is 0 Å². The molecule has 1 amide bonds. The van der Waals surface area contributed by atoms with Gasteiger partial charge in [-0.15, -0.1) is 0 Å². The summed E-state index contributed by atoms with van der Waals surface area (Å²) >= 11 is 3.58. The first-order valence-electron chi connectivity index (χ1n) is 10.8. The van der Waals surface area contributed by atoms with Crippen LogP contribution in [-0.2, 0) is 13.1 Å². The highest BCUT2D eigenvalue weighted by Crippen LogP contribution is 2.21. The van der Waals surface area contributed by atoms with E-state index in [2.05, 4.69) is 64.0 Å². The molecule has 0 bridgehead atoms. The average molecular weight is 481 g/mol. The van der Waals surface area contributed by atoms with E-state index < -0.39 is 0 Å². The van der Waals surface area contributed by atoms with E-state index in [1.165, 1.54) is 11.1 Å². The normalized spacial score (nSPS) is 14.8. The highest BCUT2D eigenvalue weighted by atomic mass is 79.9. The van der Waals surface area contributed by atoms with Crippen LogP contribution in [0.3, 0.4) is 0 Å². The van der Waals surface area contributed by atoms with Crippen molar-refractivity contribution in [3.8, 4) is 0 Å². The van der Waals surface area contributed by atoms with Gasteiger partial charge in [-0.25, -0.2) is 0 Å². The largest absolute Gasteiger partial charge is 0.336 e. The second-order valence-corrected chi connectivity index (χ2v) is 9.19. The van der Waals surface area contributed by atoms with E-state index >= 15 is 0 Å². The molecule has 1 saturated heterocycles. The van der Waals surface area contributed by atoms with Crippen LogP contribution < -0.4 is 0 Å². The van der Waals surface area contributed by atoms with E-state index in [-0.39, 0.29) is 5.91 Å². The van der Waals surface area contributed by atoms with Gasteiger partial charge < -0.3 is 4.90 Å². The van der Waals surface area contributed by atoms with Crippen LogP contribution in [0.15, 0.2) is 53.0 Å². The zero-order chi connectivity index (χ0) is 22.0. The number of benzene rings is 2. The molecule has 4 rings (SSSR count). The third kappa shape index (κ3) is 5.08. The number of aromatic nitrogens is 2. The van der Waals surface area contributed by atoms with Crippen molar-refractivity contribution in [2.24, 2.45) is 0 Å². The number of carbonyl (C=O) groups is 1. The average Bonchev–Trinajstić information content (AvgIpc) is 3.01. The number of hydrogen-bond donors (Lipinski definition) is 0. The Hall–Kier alpha value is -2.44. The number of carbonyl (C=O) groups excluding carboxylic acids is 1.